The van der Waals surface area contributed by atoms with E-state index in [0.29, 0.717) is 46.3 Å². The summed E-state index contributed by atoms with van der Waals surface area (Å²) < 4.78 is 15.9. The molecule has 1 amide bonds. The Hall–Kier alpha value is -2.73. The Morgan fingerprint density at radius 2 is 1.96 bits per heavy atom. The SMILES string of the molecule is COc1ccc(OC)c(COC(=O)c2ccc(Cl)c(N3CCCC3=O)c2)c1. The lowest BCUT2D eigenvalue weighted by Crippen LogP contribution is -2.24. The second kappa shape index (κ2) is 8.31. The van der Waals surface area contributed by atoms with Crippen molar-refractivity contribution in [3.05, 3.63) is 52.5 Å². The highest BCUT2D eigenvalue weighted by Crippen LogP contribution is 2.31. The van der Waals surface area contributed by atoms with Crippen molar-refractivity contribution in [3.63, 3.8) is 0 Å². The number of carbonyl (C=O) groups is 2. The Kier molecular flexibility index (Phi) is 5.86. The predicted molar refractivity (Wildman–Crippen MR) is 102 cm³/mol. The Balaban J connectivity index is 1.76. The summed E-state index contributed by atoms with van der Waals surface area (Å²) in [6, 6.07) is 10.0. The number of carbonyl (C=O) groups excluding carboxylic acids is 2. The molecule has 27 heavy (non-hydrogen) atoms. The minimum Gasteiger partial charge on any atom is -0.497 e. The lowest BCUT2D eigenvalue weighted by molar-refractivity contribution is -0.117. The first kappa shape index (κ1) is 19.0. The van der Waals surface area contributed by atoms with Crippen LogP contribution in [0.15, 0.2) is 36.4 Å². The number of ether oxygens (including phenoxy) is 3. The average Bonchev–Trinajstić information content (AvgIpc) is 3.11. The molecule has 0 unspecified atom stereocenters. The van der Waals surface area contributed by atoms with Gasteiger partial charge in [0.2, 0.25) is 5.91 Å². The monoisotopic (exact) mass is 389 g/mol. The molecule has 0 N–H and O–H groups in total. The third kappa shape index (κ3) is 4.17. The summed E-state index contributed by atoms with van der Waals surface area (Å²) in [5, 5.41) is 0.427. The van der Waals surface area contributed by atoms with E-state index in [1.807, 2.05) is 0 Å². The van der Waals surface area contributed by atoms with Crippen LogP contribution in [0.3, 0.4) is 0 Å². The minimum atomic E-state index is -0.510. The maximum absolute atomic E-state index is 12.5. The van der Waals surface area contributed by atoms with Gasteiger partial charge in [0.1, 0.15) is 18.1 Å². The highest BCUT2D eigenvalue weighted by Gasteiger charge is 2.24. The number of anilines is 1. The number of benzene rings is 2. The summed E-state index contributed by atoms with van der Waals surface area (Å²) in [5.74, 6) is 0.735. The summed E-state index contributed by atoms with van der Waals surface area (Å²) in [6.45, 7) is 0.623. The lowest BCUT2D eigenvalue weighted by atomic mass is 10.1. The van der Waals surface area contributed by atoms with E-state index in [1.165, 1.54) is 0 Å². The van der Waals surface area contributed by atoms with Gasteiger partial charge in [-0.15, -0.1) is 0 Å². The van der Waals surface area contributed by atoms with Gasteiger partial charge in [-0.2, -0.15) is 0 Å². The number of esters is 1. The zero-order chi connectivity index (χ0) is 19.4. The van der Waals surface area contributed by atoms with E-state index in [-0.39, 0.29) is 12.5 Å². The van der Waals surface area contributed by atoms with Crippen molar-refractivity contribution in [1.29, 1.82) is 0 Å². The molecular formula is C20H20ClNO5. The normalized spacial score (nSPS) is 13.6. The summed E-state index contributed by atoms with van der Waals surface area (Å²) in [4.78, 5) is 26.1. The van der Waals surface area contributed by atoms with E-state index in [9.17, 15) is 9.59 Å². The number of hydrogen-bond acceptors (Lipinski definition) is 5. The van der Waals surface area contributed by atoms with Gasteiger partial charge >= 0.3 is 5.97 Å². The van der Waals surface area contributed by atoms with E-state index in [2.05, 4.69) is 0 Å². The van der Waals surface area contributed by atoms with Crippen LogP contribution in [0.25, 0.3) is 0 Å². The van der Waals surface area contributed by atoms with Gasteiger partial charge in [-0.25, -0.2) is 4.79 Å². The zero-order valence-electron chi connectivity index (χ0n) is 15.2. The molecule has 2 aromatic rings. The molecule has 0 radical (unpaired) electrons. The van der Waals surface area contributed by atoms with Gasteiger partial charge in [-0.05, 0) is 42.8 Å². The van der Waals surface area contributed by atoms with E-state index in [0.717, 1.165) is 6.42 Å². The summed E-state index contributed by atoms with van der Waals surface area (Å²) in [5.41, 5.74) is 1.55. The fourth-order valence-corrected chi connectivity index (χ4v) is 3.19. The topological polar surface area (TPSA) is 65.1 Å². The van der Waals surface area contributed by atoms with Crippen LogP contribution in [0.2, 0.25) is 5.02 Å². The van der Waals surface area contributed by atoms with Crippen molar-refractivity contribution in [1.82, 2.24) is 0 Å². The van der Waals surface area contributed by atoms with Crippen LogP contribution in [-0.2, 0) is 16.1 Å². The van der Waals surface area contributed by atoms with E-state index in [1.54, 1.807) is 55.5 Å². The molecule has 0 atom stereocenters. The van der Waals surface area contributed by atoms with Crippen molar-refractivity contribution in [3.8, 4) is 11.5 Å². The molecule has 0 spiro atoms. The van der Waals surface area contributed by atoms with Gasteiger partial charge in [0.25, 0.3) is 0 Å². The van der Waals surface area contributed by atoms with Gasteiger partial charge in [0, 0.05) is 18.5 Å². The maximum Gasteiger partial charge on any atom is 0.338 e. The van der Waals surface area contributed by atoms with E-state index < -0.39 is 5.97 Å². The molecular weight excluding hydrogens is 370 g/mol. The van der Waals surface area contributed by atoms with Crippen molar-refractivity contribution in [2.24, 2.45) is 0 Å². The van der Waals surface area contributed by atoms with Gasteiger partial charge in [-0.1, -0.05) is 11.6 Å². The molecule has 1 aliphatic heterocycles. The second-order valence-corrected chi connectivity index (χ2v) is 6.48. The summed E-state index contributed by atoms with van der Waals surface area (Å²) in [6.07, 6.45) is 1.26. The van der Waals surface area contributed by atoms with Crippen molar-refractivity contribution < 1.29 is 23.8 Å². The Bertz CT molecular complexity index is 867. The first-order chi connectivity index (χ1) is 13.0. The molecule has 0 bridgehead atoms. The molecule has 1 saturated heterocycles. The van der Waals surface area contributed by atoms with Crippen LogP contribution in [-0.4, -0.2) is 32.6 Å². The molecule has 2 aromatic carbocycles. The van der Waals surface area contributed by atoms with Crippen LogP contribution in [0.4, 0.5) is 5.69 Å². The maximum atomic E-state index is 12.5. The number of hydrogen-bond donors (Lipinski definition) is 0. The average molecular weight is 390 g/mol. The molecule has 3 rings (SSSR count). The van der Waals surface area contributed by atoms with Crippen molar-refractivity contribution in [2.75, 3.05) is 25.7 Å². The van der Waals surface area contributed by atoms with Gasteiger partial charge in [-0.3, -0.25) is 4.79 Å². The first-order valence-corrected chi connectivity index (χ1v) is 8.89. The second-order valence-electron chi connectivity index (χ2n) is 6.07. The van der Waals surface area contributed by atoms with E-state index >= 15 is 0 Å². The van der Waals surface area contributed by atoms with E-state index in [4.69, 9.17) is 25.8 Å². The Labute approximate surface area is 162 Å². The fourth-order valence-electron chi connectivity index (χ4n) is 2.97. The highest BCUT2D eigenvalue weighted by atomic mass is 35.5. The van der Waals surface area contributed by atoms with Crippen molar-refractivity contribution >= 4 is 29.2 Å². The lowest BCUT2D eigenvalue weighted by Gasteiger charge is -2.18. The van der Waals surface area contributed by atoms with Gasteiger partial charge < -0.3 is 19.1 Å². The Morgan fingerprint density at radius 1 is 1.15 bits per heavy atom. The molecule has 6 nitrogen and oxygen atoms in total. The number of amides is 1. The standard InChI is InChI=1S/C20H20ClNO5/c1-25-15-6-8-18(26-2)14(10-15)12-27-20(24)13-5-7-16(21)17(11-13)22-9-3-4-19(22)23/h5-8,10-11H,3-4,9,12H2,1-2H3. The van der Waals surface area contributed by atoms with Crippen LogP contribution in [0.1, 0.15) is 28.8 Å². The smallest absolute Gasteiger partial charge is 0.338 e. The summed E-state index contributed by atoms with van der Waals surface area (Å²) in [7, 11) is 3.11. The molecule has 7 heteroatoms. The molecule has 1 heterocycles. The largest absolute Gasteiger partial charge is 0.497 e. The molecule has 142 valence electrons. The molecule has 1 aliphatic rings. The predicted octanol–water partition coefficient (Wildman–Crippen LogP) is 3.84. The Morgan fingerprint density at radius 3 is 2.63 bits per heavy atom. The molecule has 0 saturated carbocycles. The molecule has 0 aliphatic carbocycles. The number of nitrogens with zero attached hydrogens (tertiary/aromatic N) is 1. The third-order valence-electron chi connectivity index (χ3n) is 4.39. The quantitative estimate of drug-likeness (QED) is 0.702. The molecule has 1 fully saturated rings. The highest BCUT2D eigenvalue weighted by molar-refractivity contribution is 6.34. The summed E-state index contributed by atoms with van der Waals surface area (Å²) >= 11 is 6.22. The number of halogens is 1. The first-order valence-electron chi connectivity index (χ1n) is 8.51. The third-order valence-corrected chi connectivity index (χ3v) is 4.71. The number of methoxy groups -OCH3 is 2. The van der Waals surface area contributed by atoms with Crippen molar-refractivity contribution in [2.45, 2.75) is 19.4 Å². The number of rotatable bonds is 6. The van der Waals surface area contributed by atoms with Crippen LogP contribution >= 0.6 is 11.6 Å². The van der Waals surface area contributed by atoms with Crippen LogP contribution in [0, 0.1) is 0 Å². The van der Waals surface area contributed by atoms with Gasteiger partial charge in [0.05, 0.1) is 30.5 Å². The fraction of sp³-hybridized carbons (Fsp3) is 0.300. The zero-order valence-corrected chi connectivity index (χ0v) is 15.9. The van der Waals surface area contributed by atoms with Gasteiger partial charge in [0.15, 0.2) is 0 Å². The minimum absolute atomic E-state index is 0.00327. The van der Waals surface area contributed by atoms with Crippen LogP contribution < -0.4 is 14.4 Å². The van der Waals surface area contributed by atoms with Crippen LogP contribution in [0.5, 0.6) is 11.5 Å². The molecule has 0 aromatic heterocycles.